The second kappa shape index (κ2) is 9.84. The Hall–Kier alpha value is -4.04. The van der Waals surface area contributed by atoms with Gasteiger partial charge in [-0.2, -0.15) is 0 Å². The molecule has 0 fully saturated rings. The van der Waals surface area contributed by atoms with E-state index in [1.165, 1.54) is 35.5 Å². The van der Waals surface area contributed by atoms with Crippen LogP contribution < -0.4 is 10.6 Å². The van der Waals surface area contributed by atoms with Crippen molar-refractivity contribution >= 4 is 40.9 Å². The van der Waals surface area contributed by atoms with Crippen molar-refractivity contribution in [2.24, 2.45) is 5.73 Å². The van der Waals surface area contributed by atoms with E-state index in [2.05, 4.69) is 4.98 Å². The van der Waals surface area contributed by atoms with Gasteiger partial charge >= 0.3 is 5.97 Å². The average molecular weight is 452 g/mol. The third-order valence-electron chi connectivity index (χ3n) is 4.64. The lowest BCUT2D eigenvalue weighted by Gasteiger charge is -2.29. The third-order valence-corrected chi connectivity index (χ3v) is 4.88. The summed E-state index contributed by atoms with van der Waals surface area (Å²) < 4.78 is 0. The molecule has 0 unspecified atom stereocenters. The maximum Gasteiger partial charge on any atom is 0.335 e. The van der Waals surface area contributed by atoms with Gasteiger partial charge in [-0.25, -0.2) is 4.79 Å². The zero-order chi connectivity index (χ0) is 23.3. The van der Waals surface area contributed by atoms with Crippen LogP contribution in [0, 0.1) is 0 Å². The number of halogens is 1. The van der Waals surface area contributed by atoms with Crippen LogP contribution in [-0.4, -0.2) is 33.7 Å². The molecule has 4 rings (SSSR count). The molecule has 0 saturated heterocycles. The van der Waals surface area contributed by atoms with Gasteiger partial charge < -0.3 is 15.7 Å². The zero-order valence-corrected chi connectivity index (χ0v) is 17.5. The quantitative estimate of drug-likeness (QED) is 0.585. The lowest BCUT2D eigenvalue weighted by molar-refractivity contribution is -0.118. The number of aromatic nitrogens is 1. The second-order valence-electron chi connectivity index (χ2n) is 6.85. The SMILES string of the molecule is NC(=O)c1ccncc1.O=C(O)c1ccc2c(c1)C(=O)CC(=O)N2Cc1cccc(Cl)c1. The van der Waals surface area contributed by atoms with Gasteiger partial charge in [0.25, 0.3) is 0 Å². The number of rotatable bonds is 4. The first kappa shape index (κ1) is 22.6. The number of nitrogens with two attached hydrogens (primary N) is 1. The number of aromatic carboxylic acids is 1. The summed E-state index contributed by atoms with van der Waals surface area (Å²) in [6.45, 7) is 0.270. The molecule has 0 spiro atoms. The Kier molecular flexibility index (Phi) is 6.97. The minimum absolute atomic E-state index is 0.0224. The number of pyridine rings is 1. The van der Waals surface area contributed by atoms with Gasteiger partial charge in [0, 0.05) is 28.5 Å². The number of hydrogen-bond acceptors (Lipinski definition) is 5. The summed E-state index contributed by atoms with van der Waals surface area (Å²) in [7, 11) is 0. The fourth-order valence-electron chi connectivity index (χ4n) is 3.10. The average Bonchev–Trinajstić information content (AvgIpc) is 2.77. The molecule has 162 valence electrons. The van der Waals surface area contributed by atoms with Crippen LogP contribution in [0.3, 0.4) is 0 Å². The number of Topliss-reactive ketones (excluding diaryl/α,β-unsaturated/α-hetero) is 1. The molecule has 2 aromatic carbocycles. The summed E-state index contributed by atoms with van der Waals surface area (Å²) in [5.74, 6) is -2.21. The molecule has 0 saturated carbocycles. The molecule has 1 aromatic heterocycles. The van der Waals surface area contributed by atoms with E-state index in [1.54, 1.807) is 30.3 Å². The fraction of sp³-hybridized carbons (Fsp3) is 0.0870. The Balaban J connectivity index is 0.000000269. The summed E-state index contributed by atoms with van der Waals surface area (Å²) in [6, 6.07) is 14.4. The van der Waals surface area contributed by atoms with E-state index in [0.29, 0.717) is 16.3 Å². The Bertz CT molecular complexity index is 1200. The van der Waals surface area contributed by atoms with Gasteiger partial charge in [-0.3, -0.25) is 19.4 Å². The van der Waals surface area contributed by atoms with E-state index in [0.717, 1.165) is 5.56 Å². The highest BCUT2D eigenvalue weighted by Gasteiger charge is 2.30. The molecule has 32 heavy (non-hydrogen) atoms. The predicted octanol–water partition coefficient (Wildman–Crippen LogP) is 3.34. The Morgan fingerprint density at radius 2 is 1.75 bits per heavy atom. The molecule has 2 amide bonds. The Morgan fingerprint density at radius 3 is 2.34 bits per heavy atom. The van der Waals surface area contributed by atoms with Crippen molar-refractivity contribution in [3.05, 3.63) is 94.3 Å². The van der Waals surface area contributed by atoms with Crippen molar-refractivity contribution < 1.29 is 24.3 Å². The minimum atomic E-state index is -1.11. The van der Waals surface area contributed by atoms with Crippen molar-refractivity contribution in [3.63, 3.8) is 0 Å². The molecule has 1 aliphatic heterocycles. The number of hydrogen-bond donors (Lipinski definition) is 2. The molecule has 0 bridgehead atoms. The molecule has 8 nitrogen and oxygen atoms in total. The van der Waals surface area contributed by atoms with Crippen molar-refractivity contribution in [2.45, 2.75) is 13.0 Å². The molecular formula is C23H18ClN3O5. The van der Waals surface area contributed by atoms with Crippen LogP contribution in [0.4, 0.5) is 5.69 Å². The van der Waals surface area contributed by atoms with E-state index in [-0.39, 0.29) is 35.8 Å². The number of carboxylic acids is 1. The molecule has 0 aliphatic carbocycles. The third kappa shape index (κ3) is 5.35. The summed E-state index contributed by atoms with van der Waals surface area (Å²) >= 11 is 5.96. The molecule has 3 N–H and O–H groups in total. The molecule has 0 atom stereocenters. The zero-order valence-electron chi connectivity index (χ0n) is 16.7. The molecule has 3 aromatic rings. The number of carboxylic acid groups (broad SMARTS) is 1. The van der Waals surface area contributed by atoms with Gasteiger partial charge in [-0.15, -0.1) is 0 Å². The van der Waals surface area contributed by atoms with E-state index < -0.39 is 11.9 Å². The van der Waals surface area contributed by atoms with Crippen molar-refractivity contribution in [2.75, 3.05) is 4.90 Å². The Morgan fingerprint density at radius 1 is 1.03 bits per heavy atom. The summed E-state index contributed by atoms with van der Waals surface area (Å²) in [5, 5.41) is 9.61. The second-order valence-corrected chi connectivity index (χ2v) is 7.28. The summed E-state index contributed by atoms with van der Waals surface area (Å²) in [6.07, 6.45) is 2.79. The number of nitrogens with zero attached hydrogens (tertiary/aromatic N) is 2. The number of ketones is 1. The van der Waals surface area contributed by atoms with E-state index in [4.69, 9.17) is 22.4 Å². The van der Waals surface area contributed by atoms with E-state index in [1.807, 2.05) is 6.07 Å². The first-order valence-electron chi connectivity index (χ1n) is 9.41. The van der Waals surface area contributed by atoms with Gasteiger partial charge in [-0.05, 0) is 48.0 Å². The number of primary amides is 1. The first-order chi connectivity index (χ1) is 15.3. The largest absolute Gasteiger partial charge is 0.478 e. The lowest BCUT2D eigenvalue weighted by Crippen LogP contribution is -2.37. The number of benzene rings is 2. The topological polar surface area (TPSA) is 131 Å². The van der Waals surface area contributed by atoms with Crippen molar-refractivity contribution in [1.29, 1.82) is 0 Å². The highest BCUT2D eigenvalue weighted by Crippen LogP contribution is 2.30. The minimum Gasteiger partial charge on any atom is -0.478 e. The monoisotopic (exact) mass is 451 g/mol. The lowest BCUT2D eigenvalue weighted by atomic mass is 9.97. The number of amides is 2. The van der Waals surface area contributed by atoms with Crippen molar-refractivity contribution in [3.8, 4) is 0 Å². The van der Waals surface area contributed by atoms with Gasteiger partial charge in [-0.1, -0.05) is 23.7 Å². The number of fused-ring (bicyclic) bond motifs is 1. The van der Waals surface area contributed by atoms with Crippen LogP contribution in [0.5, 0.6) is 0 Å². The number of carbonyl (C=O) groups excluding carboxylic acids is 3. The molecule has 9 heteroatoms. The number of carbonyl (C=O) groups is 4. The van der Waals surface area contributed by atoms with Gasteiger partial charge in [0.05, 0.1) is 24.2 Å². The van der Waals surface area contributed by atoms with Crippen LogP contribution in [0.1, 0.15) is 43.1 Å². The summed E-state index contributed by atoms with van der Waals surface area (Å²) in [4.78, 5) is 50.9. The number of anilines is 1. The van der Waals surface area contributed by atoms with E-state index in [9.17, 15) is 19.2 Å². The normalized spacial score (nSPS) is 12.5. The van der Waals surface area contributed by atoms with Gasteiger partial charge in [0.1, 0.15) is 0 Å². The molecular weight excluding hydrogens is 434 g/mol. The van der Waals surface area contributed by atoms with Gasteiger partial charge in [0.2, 0.25) is 11.8 Å². The first-order valence-corrected chi connectivity index (χ1v) is 9.79. The van der Waals surface area contributed by atoms with E-state index >= 15 is 0 Å². The van der Waals surface area contributed by atoms with Crippen LogP contribution in [-0.2, 0) is 11.3 Å². The predicted molar refractivity (Wildman–Crippen MR) is 118 cm³/mol. The van der Waals surface area contributed by atoms with Crippen molar-refractivity contribution in [1.82, 2.24) is 4.98 Å². The summed E-state index contributed by atoms with van der Waals surface area (Å²) in [5.41, 5.74) is 6.97. The standard InChI is InChI=1S/C17H12ClNO4.C6H6N2O/c18-12-3-1-2-10(6-12)9-19-14-5-4-11(17(22)23)7-13(14)15(20)8-16(19)21;7-6(9)5-1-3-8-4-2-5/h1-7H,8-9H2,(H,22,23);1-4H,(H2,7,9). The highest BCUT2D eigenvalue weighted by molar-refractivity contribution is 6.30. The van der Waals surface area contributed by atoms with Crippen LogP contribution in [0.2, 0.25) is 5.02 Å². The van der Waals surface area contributed by atoms with Crippen LogP contribution in [0.25, 0.3) is 0 Å². The molecule has 2 heterocycles. The van der Waals surface area contributed by atoms with Crippen LogP contribution in [0.15, 0.2) is 67.0 Å². The maximum absolute atomic E-state index is 12.2. The highest BCUT2D eigenvalue weighted by atomic mass is 35.5. The maximum atomic E-state index is 12.2. The van der Waals surface area contributed by atoms with Crippen LogP contribution >= 0.6 is 11.6 Å². The molecule has 1 aliphatic rings. The smallest absolute Gasteiger partial charge is 0.335 e. The van der Waals surface area contributed by atoms with Gasteiger partial charge in [0.15, 0.2) is 5.78 Å². The fourth-order valence-corrected chi connectivity index (χ4v) is 3.31. The Labute approximate surface area is 188 Å². The molecule has 0 radical (unpaired) electrons.